The van der Waals surface area contributed by atoms with E-state index in [0.29, 0.717) is 5.75 Å². The first-order valence-corrected chi connectivity index (χ1v) is 6.42. The first-order valence-electron chi connectivity index (χ1n) is 6.42. The number of aromatic nitrogens is 2. The average Bonchev–Trinajstić information content (AvgIpc) is 2.52. The number of nitrogen functional groups attached to an aromatic ring is 1. The number of esters is 1. The van der Waals surface area contributed by atoms with E-state index in [-0.39, 0.29) is 11.4 Å². The Hall–Kier alpha value is -3.09. The molecule has 1 aromatic carbocycles. The molecule has 2 rings (SSSR count). The highest BCUT2D eigenvalue weighted by molar-refractivity contribution is 5.89. The van der Waals surface area contributed by atoms with Gasteiger partial charge in [0.25, 0.3) is 5.56 Å². The Morgan fingerprint density at radius 3 is 2.41 bits per heavy atom. The van der Waals surface area contributed by atoms with Crippen molar-refractivity contribution in [3.8, 4) is 5.75 Å². The fourth-order valence-electron chi connectivity index (χ4n) is 1.83. The summed E-state index contributed by atoms with van der Waals surface area (Å²) in [6.07, 6.45) is 2.33. The van der Waals surface area contributed by atoms with E-state index < -0.39 is 17.2 Å². The van der Waals surface area contributed by atoms with Gasteiger partial charge in [-0.1, -0.05) is 18.2 Å². The number of nitrogens with zero attached hydrogens (tertiary/aromatic N) is 2. The number of rotatable bonds is 3. The van der Waals surface area contributed by atoms with Gasteiger partial charge in [0.2, 0.25) is 0 Å². The number of carbonyl (C=O) groups excluding carboxylic acids is 1. The van der Waals surface area contributed by atoms with Crippen LogP contribution in [0.2, 0.25) is 0 Å². The molecular formula is C15H15N3O4. The third kappa shape index (κ3) is 2.98. The fourth-order valence-corrected chi connectivity index (χ4v) is 1.83. The first-order chi connectivity index (χ1) is 10.4. The average molecular weight is 301 g/mol. The number of ether oxygens (including phenoxy) is 1. The number of carbonyl (C=O) groups is 1. The molecule has 2 N–H and O–H groups in total. The van der Waals surface area contributed by atoms with Crippen LogP contribution in [-0.2, 0) is 18.9 Å². The van der Waals surface area contributed by atoms with Gasteiger partial charge >= 0.3 is 11.7 Å². The predicted octanol–water partition coefficient (Wildman–Crippen LogP) is 0.285. The van der Waals surface area contributed by atoms with Crippen molar-refractivity contribution in [2.45, 2.75) is 0 Å². The molecule has 0 aliphatic carbocycles. The van der Waals surface area contributed by atoms with Crippen LogP contribution in [0, 0.1) is 0 Å². The molecule has 0 aliphatic heterocycles. The quantitative estimate of drug-likeness (QED) is 0.499. The number of benzene rings is 1. The van der Waals surface area contributed by atoms with Gasteiger partial charge in [0.1, 0.15) is 11.6 Å². The number of hydrogen-bond acceptors (Lipinski definition) is 5. The molecule has 7 nitrogen and oxygen atoms in total. The standard InChI is InChI=1S/C15H15N3O4/c1-17-13(16)11(14(20)18(2)15(17)21)8-9-12(19)22-10-6-4-3-5-7-10/h3-9H,16H2,1-2H3/b9-8+. The van der Waals surface area contributed by atoms with Crippen LogP contribution in [0.15, 0.2) is 46.0 Å². The van der Waals surface area contributed by atoms with E-state index in [1.165, 1.54) is 20.2 Å². The van der Waals surface area contributed by atoms with Crippen LogP contribution in [-0.4, -0.2) is 15.1 Å². The van der Waals surface area contributed by atoms with E-state index in [0.717, 1.165) is 15.2 Å². The van der Waals surface area contributed by atoms with Gasteiger partial charge in [0.05, 0.1) is 5.56 Å². The van der Waals surface area contributed by atoms with Crippen LogP contribution in [0.1, 0.15) is 5.56 Å². The molecule has 0 aliphatic rings. The van der Waals surface area contributed by atoms with Crippen LogP contribution < -0.4 is 21.7 Å². The first kappa shape index (κ1) is 15.3. The molecule has 1 heterocycles. The predicted molar refractivity (Wildman–Crippen MR) is 82.4 cm³/mol. The largest absolute Gasteiger partial charge is 0.423 e. The van der Waals surface area contributed by atoms with Crippen LogP contribution in [0.5, 0.6) is 5.75 Å². The number of nitrogens with two attached hydrogens (primary N) is 1. The third-order valence-corrected chi connectivity index (χ3v) is 3.09. The summed E-state index contributed by atoms with van der Waals surface area (Å²) >= 11 is 0. The second kappa shape index (κ2) is 6.13. The zero-order valence-electron chi connectivity index (χ0n) is 12.1. The summed E-state index contributed by atoms with van der Waals surface area (Å²) < 4.78 is 7.10. The minimum atomic E-state index is -0.651. The Bertz CT molecular complexity index is 848. The second-order valence-corrected chi connectivity index (χ2v) is 4.57. The summed E-state index contributed by atoms with van der Waals surface area (Å²) in [5, 5.41) is 0. The summed E-state index contributed by atoms with van der Waals surface area (Å²) in [6.45, 7) is 0. The van der Waals surface area contributed by atoms with Gasteiger partial charge in [-0.15, -0.1) is 0 Å². The second-order valence-electron chi connectivity index (χ2n) is 4.57. The van der Waals surface area contributed by atoms with Gasteiger partial charge in [0.15, 0.2) is 0 Å². The molecule has 1 aromatic heterocycles. The molecule has 0 saturated heterocycles. The van der Waals surface area contributed by atoms with Gasteiger partial charge in [-0.2, -0.15) is 0 Å². The van der Waals surface area contributed by atoms with Crippen LogP contribution in [0.25, 0.3) is 6.08 Å². The fraction of sp³-hybridized carbons (Fsp3) is 0.133. The maximum absolute atomic E-state index is 12.0. The van der Waals surface area contributed by atoms with Crippen molar-refractivity contribution in [3.05, 3.63) is 62.8 Å². The normalized spacial score (nSPS) is 10.8. The maximum atomic E-state index is 12.0. The highest BCUT2D eigenvalue weighted by Gasteiger charge is 2.11. The number of para-hydroxylation sites is 1. The Balaban J connectivity index is 2.30. The van der Waals surface area contributed by atoms with Crippen molar-refractivity contribution in [1.29, 1.82) is 0 Å². The number of hydrogen-bond donors (Lipinski definition) is 1. The number of anilines is 1. The van der Waals surface area contributed by atoms with E-state index in [1.807, 2.05) is 0 Å². The zero-order valence-corrected chi connectivity index (χ0v) is 12.1. The molecule has 0 atom stereocenters. The Kier molecular flexibility index (Phi) is 4.26. The van der Waals surface area contributed by atoms with Gasteiger partial charge in [-0.05, 0) is 18.2 Å². The van der Waals surface area contributed by atoms with Crippen molar-refractivity contribution in [1.82, 2.24) is 9.13 Å². The van der Waals surface area contributed by atoms with Crippen LogP contribution in [0.4, 0.5) is 5.82 Å². The molecule has 0 spiro atoms. The molecule has 0 bridgehead atoms. The SMILES string of the molecule is Cn1c(N)c(/C=C/C(=O)Oc2ccccc2)c(=O)n(C)c1=O. The van der Waals surface area contributed by atoms with Gasteiger partial charge in [0, 0.05) is 20.2 Å². The molecule has 2 aromatic rings. The Morgan fingerprint density at radius 1 is 1.14 bits per heavy atom. The maximum Gasteiger partial charge on any atom is 0.336 e. The molecule has 114 valence electrons. The summed E-state index contributed by atoms with van der Waals surface area (Å²) in [7, 11) is 2.78. The highest BCUT2D eigenvalue weighted by Crippen LogP contribution is 2.10. The summed E-state index contributed by atoms with van der Waals surface area (Å²) in [6, 6.07) is 8.51. The molecule has 22 heavy (non-hydrogen) atoms. The van der Waals surface area contributed by atoms with Crippen molar-refractivity contribution in [2.75, 3.05) is 5.73 Å². The summed E-state index contributed by atoms with van der Waals surface area (Å²) in [5.74, 6) is -0.281. The summed E-state index contributed by atoms with van der Waals surface area (Å²) in [5.41, 5.74) is 4.67. The molecule has 0 saturated carbocycles. The Morgan fingerprint density at radius 2 is 1.77 bits per heavy atom. The lowest BCUT2D eigenvalue weighted by Crippen LogP contribution is -2.39. The van der Waals surface area contributed by atoms with Crippen molar-refractivity contribution in [3.63, 3.8) is 0 Å². The van der Waals surface area contributed by atoms with E-state index in [9.17, 15) is 14.4 Å². The van der Waals surface area contributed by atoms with E-state index in [4.69, 9.17) is 10.5 Å². The lowest BCUT2D eigenvalue weighted by atomic mass is 10.2. The molecule has 0 unspecified atom stereocenters. The minimum absolute atomic E-state index is 0.0168. The molecule has 0 fully saturated rings. The van der Waals surface area contributed by atoms with Gasteiger partial charge < -0.3 is 10.5 Å². The third-order valence-electron chi connectivity index (χ3n) is 3.09. The van der Waals surface area contributed by atoms with E-state index in [2.05, 4.69) is 0 Å². The lowest BCUT2D eigenvalue weighted by Gasteiger charge is -2.08. The van der Waals surface area contributed by atoms with Crippen LogP contribution >= 0.6 is 0 Å². The van der Waals surface area contributed by atoms with Crippen LogP contribution in [0.3, 0.4) is 0 Å². The lowest BCUT2D eigenvalue weighted by molar-refractivity contribution is -0.128. The van der Waals surface area contributed by atoms with E-state index in [1.54, 1.807) is 30.3 Å². The highest BCUT2D eigenvalue weighted by atomic mass is 16.5. The minimum Gasteiger partial charge on any atom is -0.423 e. The van der Waals surface area contributed by atoms with Crippen molar-refractivity contribution >= 4 is 17.9 Å². The monoisotopic (exact) mass is 301 g/mol. The molecular weight excluding hydrogens is 286 g/mol. The smallest absolute Gasteiger partial charge is 0.336 e. The summed E-state index contributed by atoms with van der Waals surface area (Å²) in [4.78, 5) is 35.4. The molecule has 7 heteroatoms. The van der Waals surface area contributed by atoms with Gasteiger partial charge in [-0.25, -0.2) is 9.59 Å². The van der Waals surface area contributed by atoms with Gasteiger partial charge in [-0.3, -0.25) is 13.9 Å². The molecule has 0 amide bonds. The van der Waals surface area contributed by atoms with Crippen molar-refractivity contribution < 1.29 is 9.53 Å². The van der Waals surface area contributed by atoms with E-state index >= 15 is 0 Å². The molecule has 0 radical (unpaired) electrons. The van der Waals surface area contributed by atoms with Crippen molar-refractivity contribution in [2.24, 2.45) is 14.1 Å². The zero-order chi connectivity index (χ0) is 16.3. The Labute approximate surface area is 125 Å². The topological polar surface area (TPSA) is 96.3 Å².